The summed E-state index contributed by atoms with van der Waals surface area (Å²) in [5.41, 5.74) is 0.602. The molecule has 3 rings (SSSR count). The summed E-state index contributed by atoms with van der Waals surface area (Å²) in [6.45, 7) is 1.67. The Morgan fingerprint density at radius 1 is 1.47 bits per heavy atom. The highest BCUT2D eigenvalue weighted by Crippen LogP contribution is 2.59. The van der Waals surface area contributed by atoms with E-state index in [0.717, 1.165) is 18.9 Å². The fourth-order valence-electron chi connectivity index (χ4n) is 2.92. The minimum absolute atomic E-state index is 0.0299. The van der Waals surface area contributed by atoms with Gasteiger partial charge in [-0.15, -0.1) is 0 Å². The van der Waals surface area contributed by atoms with E-state index in [1.165, 1.54) is 6.07 Å². The smallest absolute Gasteiger partial charge is 0.395 e. The van der Waals surface area contributed by atoms with Crippen LogP contribution in [0.15, 0.2) is 18.2 Å². The van der Waals surface area contributed by atoms with Gasteiger partial charge in [-0.25, -0.2) is 0 Å². The SMILES string of the molecule is CC(c1ccc2c(c1)C1(CO)CC1CO2)C(F)(F)F. The van der Waals surface area contributed by atoms with E-state index in [4.69, 9.17) is 4.74 Å². The van der Waals surface area contributed by atoms with Gasteiger partial charge in [-0.2, -0.15) is 13.2 Å². The van der Waals surface area contributed by atoms with Crippen LogP contribution in [0.2, 0.25) is 0 Å². The molecule has 0 amide bonds. The number of fused-ring (bicyclic) bond motifs is 3. The molecule has 1 aliphatic heterocycles. The van der Waals surface area contributed by atoms with Gasteiger partial charge in [-0.1, -0.05) is 12.1 Å². The number of alkyl halides is 3. The molecule has 104 valence electrons. The van der Waals surface area contributed by atoms with Crippen LogP contribution < -0.4 is 4.74 Å². The van der Waals surface area contributed by atoms with E-state index in [0.29, 0.717) is 12.4 Å². The first-order valence-corrected chi connectivity index (χ1v) is 6.33. The van der Waals surface area contributed by atoms with Crippen molar-refractivity contribution in [2.24, 2.45) is 5.92 Å². The van der Waals surface area contributed by atoms with Crippen molar-refractivity contribution in [3.05, 3.63) is 29.3 Å². The Morgan fingerprint density at radius 3 is 2.84 bits per heavy atom. The molecule has 0 saturated heterocycles. The lowest BCUT2D eigenvalue weighted by atomic mass is 9.88. The Balaban J connectivity index is 2.02. The van der Waals surface area contributed by atoms with Crippen molar-refractivity contribution in [2.75, 3.05) is 13.2 Å². The van der Waals surface area contributed by atoms with E-state index in [1.54, 1.807) is 12.1 Å². The predicted octanol–water partition coefficient (Wildman–Crippen LogP) is 2.99. The Morgan fingerprint density at radius 2 is 2.21 bits per heavy atom. The number of rotatable bonds is 2. The van der Waals surface area contributed by atoms with Crippen LogP contribution in [0.5, 0.6) is 5.75 Å². The van der Waals surface area contributed by atoms with Crippen molar-refractivity contribution in [1.82, 2.24) is 0 Å². The molecule has 1 aromatic carbocycles. The van der Waals surface area contributed by atoms with Crippen LogP contribution in [0, 0.1) is 5.92 Å². The average molecular weight is 272 g/mol. The maximum atomic E-state index is 12.8. The second-order valence-electron chi connectivity index (χ2n) is 5.55. The Bertz CT molecular complexity index is 512. The summed E-state index contributed by atoms with van der Waals surface area (Å²) in [5.74, 6) is -0.657. The third-order valence-electron chi connectivity index (χ3n) is 4.49. The number of aliphatic hydroxyl groups is 1. The van der Waals surface area contributed by atoms with Crippen LogP contribution in [-0.2, 0) is 5.41 Å². The van der Waals surface area contributed by atoms with Gasteiger partial charge in [0.2, 0.25) is 0 Å². The van der Waals surface area contributed by atoms with Gasteiger partial charge >= 0.3 is 6.18 Å². The Hall–Kier alpha value is -1.23. The molecule has 0 aromatic heterocycles. The summed E-state index contributed by atoms with van der Waals surface area (Å²) in [5, 5.41) is 9.55. The molecule has 1 saturated carbocycles. The highest BCUT2D eigenvalue weighted by molar-refractivity contribution is 5.49. The molecule has 0 spiro atoms. The third-order valence-corrected chi connectivity index (χ3v) is 4.49. The van der Waals surface area contributed by atoms with Gasteiger partial charge in [0.15, 0.2) is 0 Å². The van der Waals surface area contributed by atoms with Crippen molar-refractivity contribution in [2.45, 2.75) is 30.9 Å². The zero-order valence-electron chi connectivity index (χ0n) is 10.5. The van der Waals surface area contributed by atoms with Gasteiger partial charge in [0.25, 0.3) is 0 Å². The number of benzene rings is 1. The topological polar surface area (TPSA) is 29.5 Å². The van der Waals surface area contributed by atoms with Gasteiger partial charge in [0.05, 0.1) is 19.1 Å². The number of hydrogen-bond donors (Lipinski definition) is 1. The fraction of sp³-hybridized carbons (Fsp3) is 0.571. The number of aliphatic hydroxyl groups excluding tert-OH is 1. The minimum atomic E-state index is -4.25. The van der Waals surface area contributed by atoms with Crippen LogP contribution in [-0.4, -0.2) is 24.5 Å². The van der Waals surface area contributed by atoms with Crippen LogP contribution >= 0.6 is 0 Å². The largest absolute Gasteiger partial charge is 0.493 e. The minimum Gasteiger partial charge on any atom is -0.493 e. The number of halogens is 3. The molecule has 0 radical (unpaired) electrons. The van der Waals surface area contributed by atoms with Crippen LogP contribution in [0.4, 0.5) is 13.2 Å². The van der Waals surface area contributed by atoms with E-state index in [9.17, 15) is 18.3 Å². The van der Waals surface area contributed by atoms with Crippen molar-refractivity contribution in [3.63, 3.8) is 0 Å². The Labute approximate surface area is 109 Å². The molecular formula is C14H15F3O2. The zero-order valence-corrected chi connectivity index (χ0v) is 10.5. The van der Waals surface area contributed by atoms with Gasteiger partial charge in [-0.05, 0) is 25.0 Å². The second-order valence-corrected chi connectivity index (χ2v) is 5.55. The van der Waals surface area contributed by atoms with E-state index in [1.807, 2.05) is 0 Å². The molecule has 3 atom stereocenters. The van der Waals surface area contributed by atoms with E-state index in [2.05, 4.69) is 0 Å². The summed E-state index contributed by atoms with van der Waals surface area (Å²) in [6.07, 6.45) is -3.46. The fourth-order valence-corrected chi connectivity index (χ4v) is 2.92. The van der Waals surface area contributed by atoms with Crippen molar-refractivity contribution in [1.29, 1.82) is 0 Å². The van der Waals surface area contributed by atoms with E-state index >= 15 is 0 Å². The van der Waals surface area contributed by atoms with Crippen molar-refractivity contribution >= 4 is 0 Å². The molecule has 1 N–H and O–H groups in total. The highest BCUT2D eigenvalue weighted by atomic mass is 19.4. The van der Waals surface area contributed by atoms with Gasteiger partial charge < -0.3 is 9.84 Å². The summed E-state index contributed by atoms with van der Waals surface area (Å²) in [4.78, 5) is 0. The lowest BCUT2D eigenvalue weighted by Crippen LogP contribution is -2.25. The number of ether oxygens (including phenoxy) is 1. The summed E-state index contributed by atoms with van der Waals surface area (Å²) < 4.78 is 43.8. The van der Waals surface area contributed by atoms with Crippen molar-refractivity contribution < 1.29 is 23.0 Å². The molecule has 0 bridgehead atoms. The maximum absolute atomic E-state index is 12.8. The Kier molecular flexibility index (Phi) is 2.61. The summed E-state index contributed by atoms with van der Waals surface area (Å²) >= 11 is 0. The van der Waals surface area contributed by atoms with Gasteiger partial charge in [0, 0.05) is 16.9 Å². The molecule has 5 heteroatoms. The third kappa shape index (κ3) is 1.83. The van der Waals surface area contributed by atoms with E-state index in [-0.39, 0.29) is 23.5 Å². The summed E-state index contributed by atoms with van der Waals surface area (Å²) in [6, 6.07) is 4.62. The molecule has 3 unspecified atom stereocenters. The first-order chi connectivity index (χ1) is 8.88. The molecule has 19 heavy (non-hydrogen) atoms. The van der Waals surface area contributed by atoms with Gasteiger partial charge in [0.1, 0.15) is 5.75 Å². The monoisotopic (exact) mass is 272 g/mol. The standard InChI is InChI=1S/C14H15F3O2/c1-8(14(15,16)17)9-2-3-12-11(4-9)13(7-18)5-10(13)6-19-12/h2-4,8,10,18H,5-7H2,1H3. The summed E-state index contributed by atoms with van der Waals surface area (Å²) in [7, 11) is 0. The molecule has 1 aromatic rings. The van der Waals surface area contributed by atoms with Crippen LogP contribution in [0.1, 0.15) is 30.4 Å². The second kappa shape index (κ2) is 3.88. The first-order valence-electron chi connectivity index (χ1n) is 6.33. The average Bonchev–Trinajstić information content (AvgIpc) is 3.11. The maximum Gasteiger partial charge on any atom is 0.395 e. The normalized spacial score (nSPS) is 30.1. The lowest BCUT2D eigenvalue weighted by molar-refractivity contribution is -0.146. The molecule has 2 nitrogen and oxygen atoms in total. The van der Waals surface area contributed by atoms with Crippen LogP contribution in [0.25, 0.3) is 0 Å². The van der Waals surface area contributed by atoms with Crippen molar-refractivity contribution in [3.8, 4) is 5.75 Å². The molecule has 1 fully saturated rings. The molecular weight excluding hydrogens is 257 g/mol. The molecule has 2 aliphatic rings. The van der Waals surface area contributed by atoms with Crippen LogP contribution in [0.3, 0.4) is 0 Å². The lowest BCUT2D eigenvalue weighted by Gasteiger charge is -2.26. The highest BCUT2D eigenvalue weighted by Gasteiger charge is 2.58. The predicted molar refractivity (Wildman–Crippen MR) is 63.3 cm³/mol. The van der Waals surface area contributed by atoms with E-state index < -0.39 is 12.1 Å². The first kappa shape index (κ1) is 12.8. The quantitative estimate of drug-likeness (QED) is 0.896. The van der Waals surface area contributed by atoms with Gasteiger partial charge in [-0.3, -0.25) is 0 Å². The zero-order chi connectivity index (χ0) is 13.8. The molecule has 1 aliphatic carbocycles. The number of hydrogen-bond acceptors (Lipinski definition) is 2. The molecule has 1 heterocycles.